The number of anilines is 1. The van der Waals surface area contributed by atoms with Gasteiger partial charge in [-0.15, -0.1) is 0 Å². The van der Waals surface area contributed by atoms with Crippen LogP contribution >= 0.6 is 0 Å². The van der Waals surface area contributed by atoms with Crippen molar-refractivity contribution in [2.45, 2.75) is 19.5 Å². The van der Waals surface area contributed by atoms with Crippen LogP contribution in [0, 0.1) is 0 Å². The minimum Gasteiger partial charge on any atom is -0.332 e. The summed E-state index contributed by atoms with van der Waals surface area (Å²) >= 11 is 0. The Bertz CT molecular complexity index is 570. The number of nitrogens with one attached hydrogen (secondary N) is 3. The van der Waals surface area contributed by atoms with E-state index in [1.165, 1.54) is 5.56 Å². The number of urea groups is 1. The second-order valence-electron chi connectivity index (χ2n) is 4.66. The summed E-state index contributed by atoms with van der Waals surface area (Å²) < 4.78 is 0. The van der Waals surface area contributed by atoms with E-state index < -0.39 is 0 Å². The molecule has 1 heterocycles. The Morgan fingerprint density at radius 1 is 1.24 bits per heavy atom. The fraction of sp³-hybridized carbons (Fsp3) is 0.267. The Hall–Kier alpha value is -2.47. The standard InChI is InChI=1S/C15H19N5O/c1-11(16-2)12-5-7-13(8-6-12)19-15(21)17-10-14-4-3-9-18-20-14/h3-9,11,16H,10H2,1-2H3,(H2,17,19,21). The first kappa shape index (κ1) is 14.9. The van der Waals surface area contributed by atoms with Gasteiger partial charge in [-0.25, -0.2) is 4.79 Å². The topological polar surface area (TPSA) is 78.9 Å². The lowest BCUT2D eigenvalue weighted by atomic mass is 10.1. The van der Waals surface area contributed by atoms with E-state index in [0.29, 0.717) is 12.2 Å². The van der Waals surface area contributed by atoms with E-state index in [1.54, 1.807) is 18.3 Å². The molecule has 0 saturated carbocycles. The molecule has 2 rings (SSSR count). The molecule has 0 radical (unpaired) electrons. The van der Waals surface area contributed by atoms with Crippen LogP contribution in [-0.4, -0.2) is 23.3 Å². The quantitative estimate of drug-likeness (QED) is 0.786. The van der Waals surface area contributed by atoms with Crippen LogP contribution in [0.3, 0.4) is 0 Å². The summed E-state index contributed by atoms with van der Waals surface area (Å²) in [6, 6.07) is 11.3. The van der Waals surface area contributed by atoms with Crippen LogP contribution in [0.25, 0.3) is 0 Å². The number of amides is 2. The highest BCUT2D eigenvalue weighted by atomic mass is 16.2. The molecule has 0 aliphatic carbocycles. The second-order valence-corrected chi connectivity index (χ2v) is 4.66. The van der Waals surface area contributed by atoms with Gasteiger partial charge in [-0.3, -0.25) is 0 Å². The smallest absolute Gasteiger partial charge is 0.319 e. The van der Waals surface area contributed by atoms with Crippen LogP contribution in [0.5, 0.6) is 0 Å². The van der Waals surface area contributed by atoms with Gasteiger partial charge >= 0.3 is 6.03 Å². The third-order valence-corrected chi connectivity index (χ3v) is 3.16. The lowest BCUT2D eigenvalue weighted by Crippen LogP contribution is -2.28. The fourth-order valence-electron chi connectivity index (χ4n) is 1.80. The van der Waals surface area contributed by atoms with Gasteiger partial charge in [0, 0.05) is 17.9 Å². The molecule has 1 atom stereocenters. The fourth-order valence-corrected chi connectivity index (χ4v) is 1.80. The van der Waals surface area contributed by atoms with Crippen LogP contribution in [-0.2, 0) is 6.54 Å². The molecule has 1 aromatic carbocycles. The first-order valence-corrected chi connectivity index (χ1v) is 6.77. The number of aromatic nitrogens is 2. The number of hydrogen-bond acceptors (Lipinski definition) is 4. The minimum atomic E-state index is -0.268. The SMILES string of the molecule is CNC(C)c1ccc(NC(=O)NCc2cccnn2)cc1. The molecular formula is C15H19N5O. The van der Waals surface area contributed by atoms with Crippen molar-refractivity contribution >= 4 is 11.7 Å². The molecule has 6 nitrogen and oxygen atoms in total. The van der Waals surface area contributed by atoms with E-state index in [9.17, 15) is 4.79 Å². The van der Waals surface area contributed by atoms with Gasteiger partial charge in [0.25, 0.3) is 0 Å². The zero-order valence-electron chi connectivity index (χ0n) is 12.1. The Morgan fingerprint density at radius 2 is 2.00 bits per heavy atom. The number of nitrogens with zero attached hydrogens (tertiary/aromatic N) is 2. The normalized spacial score (nSPS) is 11.7. The Kier molecular flexibility index (Phi) is 5.22. The molecule has 21 heavy (non-hydrogen) atoms. The lowest BCUT2D eigenvalue weighted by Gasteiger charge is -2.12. The predicted molar refractivity (Wildman–Crippen MR) is 81.8 cm³/mol. The molecule has 0 aliphatic heterocycles. The van der Waals surface area contributed by atoms with E-state index in [1.807, 2.05) is 31.3 Å². The summed E-state index contributed by atoms with van der Waals surface area (Å²) in [4.78, 5) is 11.8. The van der Waals surface area contributed by atoms with Crippen molar-refractivity contribution in [1.29, 1.82) is 0 Å². The van der Waals surface area contributed by atoms with E-state index >= 15 is 0 Å². The second kappa shape index (κ2) is 7.35. The molecule has 0 saturated heterocycles. The van der Waals surface area contributed by atoms with Crippen molar-refractivity contribution < 1.29 is 4.79 Å². The Balaban J connectivity index is 1.85. The number of carbonyl (C=O) groups excluding carboxylic acids is 1. The highest BCUT2D eigenvalue weighted by Gasteiger charge is 2.04. The zero-order valence-corrected chi connectivity index (χ0v) is 12.1. The lowest BCUT2D eigenvalue weighted by molar-refractivity contribution is 0.251. The molecule has 1 unspecified atom stereocenters. The van der Waals surface area contributed by atoms with Crippen molar-refractivity contribution in [3.8, 4) is 0 Å². The molecular weight excluding hydrogens is 266 g/mol. The van der Waals surface area contributed by atoms with Crippen LogP contribution in [0.1, 0.15) is 24.2 Å². The summed E-state index contributed by atoms with van der Waals surface area (Å²) in [6.45, 7) is 2.42. The van der Waals surface area contributed by atoms with Crippen molar-refractivity contribution in [2.75, 3.05) is 12.4 Å². The third kappa shape index (κ3) is 4.54. The van der Waals surface area contributed by atoms with Gasteiger partial charge in [0.2, 0.25) is 0 Å². The largest absolute Gasteiger partial charge is 0.332 e. The van der Waals surface area contributed by atoms with Crippen LogP contribution in [0.2, 0.25) is 0 Å². The van der Waals surface area contributed by atoms with Crippen molar-refractivity contribution in [2.24, 2.45) is 0 Å². The van der Waals surface area contributed by atoms with E-state index in [0.717, 1.165) is 5.69 Å². The monoisotopic (exact) mass is 285 g/mol. The number of carbonyl (C=O) groups is 1. The van der Waals surface area contributed by atoms with Gasteiger partial charge < -0.3 is 16.0 Å². The molecule has 0 fully saturated rings. The van der Waals surface area contributed by atoms with Gasteiger partial charge in [-0.1, -0.05) is 12.1 Å². The minimum absolute atomic E-state index is 0.268. The van der Waals surface area contributed by atoms with Crippen molar-refractivity contribution in [1.82, 2.24) is 20.8 Å². The number of rotatable bonds is 5. The van der Waals surface area contributed by atoms with Gasteiger partial charge in [-0.2, -0.15) is 10.2 Å². The first-order valence-electron chi connectivity index (χ1n) is 6.77. The average Bonchev–Trinajstić information content (AvgIpc) is 2.54. The summed E-state index contributed by atoms with van der Waals surface area (Å²) in [6.07, 6.45) is 1.59. The van der Waals surface area contributed by atoms with E-state index in [4.69, 9.17) is 0 Å². The molecule has 0 spiro atoms. The van der Waals surface area contributed by atoms with E-state index in [2.05, 4.69) is 33.1 Å². The molecule has 0 bridgehead atoms. The molecule has 0 aliphatic rings. The number of benzene rings is 1. The van der Waals surface area contributed by atoms with Crippen LogP contribution in [0.15, 0.2) is 42.6 Å². The molecule has 1 aromatic heterocycles. The Labute approximate surface area is 124 Å². The molecule has 2 amide bonds. The van der Waals surface area contributed by atoms with Crippen molar-refractivity contribution in [3.05, 3.63) is 53.9 Å². The Morgan fingerprint density at radius 3 is 2.62 bits per heavy atom. The maximum atomic E-state index is 11.8. The molecule has 6 heteroatoms. The third-order valence-electron chi connectivity index (χ3n) is 3.16. The maximum absolute atomic E-state index is 11.8. The van der Waals surface area contributed by atoms with Gasteiger partial charge in [0.1, 0.15) is 0 Å². The molecule has 2 aromatic rings. The van der Waals surface area contributed by atoms with Crippen molar-refractivity contribution in [3.63, 3.8) is 0 Å². The number of hydrogen-bond donors (Lipinski definition) is 3. The average molecular weight is 285 g/mol. The van der Waals surface area contributed by atoms with E-state index in [-0.39, 0.29) is 12.1 Å². The summed E-state index contributed by atoms with van der Waals surface area (Å²) in [7, 11) is 1.91. The first-order chi connectivity index (χ1) is 10.2. The van der Waals surface area contributed by atoms with Crippen LogP contribution < -0.4 is 16.0 Å². The predicted octanol–water partition coefficient (Wildman–Crippen LogP) is 2.08. The summed E-state index contributed by atoms with van der Waals surface area (Å²) in [5.41, 5.74) is 2.63. The van der Waals surface area contributed by atoms with Gasteiger partial charge in [0.15, 0.2) is 0 Å². The van der Waals surface area contributed by atoms with Gasteiger partial charge in [-0.05, 0) is 43.8 Å². The highest BCUT2D eigenvalue weighted by Crippen LogP contribution is 2.15. The van der Waals surface area contributed by atoms with Crippen LogP contribution in [0.4, 0.5) is 10.5 Å². The highest BCUT2D eigenvalue weighted by molar-refractivity contribution is 5.89. The maximum Gasteiger partial charge on any atom is 0.319 e. The van der Waals surface area contributed by atoms with Gasteiger partial charge in [0.05, 0.1) is 12.2 Å². The molecule has 3 N–H and O–H groups in total. The zero-order chi connectivity index (χ0) is 15.1. The molecule has 110 valence electrons. The summed E-state index contributed by atoms with van der Waals surface area (Å²) in [5, 5.41) is 16.3. The summed E-state index contributed by atoms with van der Waals surface area (Å²) in [5.74, 6) is 0.